The van der Waals surface area contributed by atoms with Gasteiger partial charge < -0.3 is 15.2 Å². The Morgan fingerprint density at radius 2 is 1.74 bits per heavy atom. The molecule has 34 heavy (non-hydrogen) atoms. The normalized spacial score (nSPS) is 11.9. The van der Waals surface area contributed by atoms with Crippen LogP contribution in [0.1, 0.15) is 52.8 Å². The first-order valence-electron chi connectivity index (χ1n) is 10.8. The number of carbonyl (C=O) groups is 2. The summed E-state index contributed by atoms with van der Waals surface area (Å²) in [4.78, 5) is 25.2. The number of anilines is 1. The van der Waals surface area contributed by atoms with Gasteiger partial charge in [0.2, 0.25) is 5.91 Å². The lowest BCUT2D eigenvalue weighted by Crippen LogP contribution is -2.28. The molecule has 0 aliphatic carbocycles. The molecular weight excluding hydrogens is 493 g/mol. The van der Waals surface area contributed by atoms with Gasteiger partial charge in [-0.1, -0.05) is 52.7 Å². The fourth-order valence-electron chi connectivity index (χ4n) is 3.69. The molecule has 0 radical (unpaired) electrons. The van der Waals surface area contributed by atoms with Gasteiger partial charge in [-0.3, -0.25) is 9.59 Å². The summed E-state index contributed by atoms with van der Waals surface area (Å²) in [6.07, 6.45) is 0. The average Bonchev–Trinajstić information content (AvgIpc) is 3.19. The maximum Gasteiger partial charge on any atom is 0.251 e. The van der Waals surface area contributed by atoms with Crippen molar-refractivity contribution in [2.75, 3.05) is 11.1 Å². The van der Waals surface area contributed by atoms with Gasteiger partial charge in [0, 0.05) is 17.8 Å². The highest BCUT2D eigenvalue weighted by molar-refractivity contribution is 7.99. The third-order valence-electron chi connectivity index (χ3n) is 5.25. The molecule has 3 rings (SSSR count). The largest absolute Gasteiger partial charge is 0.342 e. The Labute approximate surface area is 213 Å². The Hall–Kier alpha value is -2.55. The predicted molar refractivity (Wildman–Crippen MR) is 138 cm³/mol. The number of nitrogens with zero attached hydrogens (tertiary/aromatic N) is 3. The van der Waals surface area contributed by atoms with Crippen molar-refractivity contribution >= 4 is 52.5 Å². The van der Waals surface area contributed by atoms with Gasteiger partial charge in [0.15, 0.2) is 11.0 Å². The number of hydrogen-bond donors (Lipinski definition) is 2. The third-order valence-corrected chi connectivity index (χ3v) is 6.96. The molecule has 0 aliphatic rings. The smallest absolute Gasteiger partial charge is 0.251 e. The molecule has 0 fully saturated rings. The summed E-state index contributed by atoms with van der Waals surface area (Å²) in [6, 6.07) is 8.39. The summed E-state index contributed by atoms with van der Waals surface area (Å²) in [5.41, 5.74) is 4.46. The number of aromatic nitrogens is 3. The van der Waals surface area contributed by atoms with Gasteiger partial charge in [-0.2, -0.15) is 0 Å². The zero-order valence-corrected chi connectivity index (χ0v) is 22.0. The van der Waals surface area contributed by atoms with Crippen molar-refractivity contribution in [3.63, 3.8) is 0 Å². The van der Waals surface area contributed by atoms with E-state index in [1.807, 2.05) is 51.3 Å². The summed E-state index contributed by atoms with van der Waals surface area (Å²) >= 11 is 13.3. The zero-order valence-electron chi connectivity index (χ0n) is 19.7. The molecule has 0 spiro atoms. The highest BCUT2D eigenvalue weighted by Crippen LogP contribution is 2.25. The molecule has 3 aromatic rings. The topological polar surface area (TPSA) is 88.9 Å². The highest BCUT2D eigenvalue weighted by Gasteiger charge is 2.21. The number of rotatable bonds is 8. The SMILES string of the molecule is CCn1c(SCC(=O)Nc2c(C)cc(C)cc2C)nnc1[C@@H](C)NC(=O)c1ccc(Cl)c(Cl)c1. The van der Waals surface area contributed by atoms with Crippen LogP contribution in [0.2, 0.25) is 10.0 Å². The van der Waals surface area contributed by atoms with Gasteiger partial charge in [-0.15, -0.1) is 10.2 Å². The lowest BCUT2D eigenvalue weighted by molar-refractivity contribution is -0.113. The first-order chi connectivity index (χ1) is 16.1. The van der Waals surface area contributed by atoms with Crippen molar-refractivity contribution in [3.05, 3.63) is 68.5 Å². The summed E-state index contributed by atoms with van der Waals surface area (Å²) < 4.78 is 1.89. The average molecular weight is 520 g/mol. The number of hydrogen-bond acceptors (Lipinski definition) is 5. The van der Waals surface area contributed by atoms with Gasteiger partial charge in [0.25, 0.3) is 5.91 Å². The molecule has 2 amide bonds. The van der Waals surface area contributed by atoms with Crippen molar-refractivity contribution in [3.8, 4) is 0 Å². The van der Waals surface area contributed by atoms with E-state index in [0.29, 0.717) is 33.1 Å². The van der Waals surface area contributed by atoms with E-state index in [1.165, 1.54) is 17.8 Å². The van der Waals surface area contributed by atoms with E-state index < -0.39 is 6.04 Å². The third kappa shape index (κ3) is 6.11. The molecule has 1 aromatic heterocycles. The second-order valence-corrected chi connectivity index (χ2v) is 9.78. The maximum atomic E-state index is 12.6. The summed E-state index contributed by atoms with van der Waals surface area (Å²) in [5.74, 6) is 0.376. The standard InChI is InChI=1S/C24H27Cl2N5O2S/c1-6-31-22(16(5)27-23(33)17-7-8-18(25)19(26)11-17)29-30-24(31)34-12-20(32)28-21-14(3)9-13(2)10-15(21)4/h7-11,16H,6,12H2,1-5H3,(H,27,33)(H,28,32)/t16-/m1/s1. The molecule has 10 heteroatoms. The number of amides is 2. The number of aryl methyl sites for hydroxylation is 3. The van der Waals surface area contributed by atoms with Crippen LogP contribution in [0.3, 0.4) is 0 Å². The fourth-order valence-corrected chi connectivity index (χ4v) is 4.80. The Kier molecular flexibility index (Phi) is 8.62. The van der Waals surface area contributed by atoms with Crippen molar-refractivity contribution < 1.29 is 9.59 Å². The first kappa shape index (κ1) is 26.1. The Morgan fingerprint density at radius 1 is 1.06 bits per heavy atom. The molecule has 0 aliphatic heterocycles. The van der Waals surface area contributed by atoms with Crippen molar-refractivity contribution in [2.24, 2.45) is 0 Å². The summed E-state index contributed by atoms with van der Waals surface area (Å²) in [6.45, 7) is 10.4. The van der Waals surface area contributed by atoms with Gasteiger partial charge >= 0.3 is 0 Å². The molecule has 180 valence electrons. The van der Waals surface area contributed by atoms with Crippen LogP contribution in [0.15, 0.2) is 35.5 Å². The lowest BCUT2D eigenvalue weighted by atomic mass is 10.1. The van der Waals surface area contributed by atoms with E-state index in [4.69, 9.17) is 23.2 Å². The monoisotopic (exact) mass is 519 g/mol. The number of thioether (sulfide) groups is 1. The number of benzene rings is 2. The molecule has 2 N–H and O–H groups in total. The first-order valence-corrected chi connectivity index (χ1v) is 12.5. The van der Waals surface area contributed by atoms with Gasteiger partial charge in [-0.25, -0.2) is 0 Å². The molecule has 0 saturated heterocycles. The molecule has 2 aromatic carbocycles. The number of nitrogens with one attached hydrogen (secondary N) is 2. The quantitative estimate of drug-likeness (QED) is 0.369. The molecule has 7 nitrogen and oxygen atoms in total. The fraction of sp³-hybridized carbons (Fsp3) is 0.333. The molecule has 1 heterocycles. The number of carbonyl (C=O) groups excluding carboxylic acids is 2. The molecule has 0 bridgehead atoms. The molecule has 1 atom stereocenters. The lowest BCUT2D eigenvalue weighted by Gasteiger charge is -2.15. The zero-order chi connectivity index (χ0) is 25.0. The minimum Gasteiger partial charge on any atom is -0.342 e. The number of halogens is 2. The van der Waals surface area contributed by atoms with E-state index in [-0.39, 0.29) is 17.6 Å². The van der Waals surface area contributed by atoms with Crippen LogP contribution in [-0.4, -0.2) is 32.3 Å². The molecule has 0 unspecified atom stereocenters. The van der Waals surface area contributed by atoms with Crippen LogP contribution in [0, 0.1) is 20.8 Å². The van der Waals surface area contributed by atoms with E-state index in [0.717, 1.165) is 22.4 Å². The minimum absolute atomic E-state index is 0.117. The maximum absolute atomic E-state index is 12.6. The second-order valence-electron chi connectivity index (χ2n) is 8.02. The Morgan fingerprint density at radius 3 is 2.35 bits per heavy atom. The van der Waals surface area contributed by atoms with Crippen LogP contribution in [-0.2, 0) is 11.3 Å². The van der Waals surface area contributed by atoms with E-state index in [9.17, 15) is 9.59 Å². The van der Waals surface area contributed by atoms with Gasteiger partial charge in [0.05, 0.1) is 21.8 Å². The minimum atomic E-state index is -0.407. The van der Waals surface area contributed by atoms with Crippen molar-refractivity contribution in [2.45, 2.75) is 52.4 Å². The van der Waals surface area contributed by atoms with Crippen LogP contribution >= 0.6 is 35.0 Å². The van der Waals surface area contributed by atoms with Crippen LogP contribution < -0.4 is 10.6 Å². The Balaban J connectivity index is 1.66. The summed E-state index contributed by atoms with van der Waals surface area (Å²) in [7, 11) is 0. The van der Waals surface area contributed by atoms with E-state index >= 15 is 0 Å². The van der Waals surface area contributed by atoms with Crippen LogP contribution in [0.4, 0.5) is 5.69 Å². The molecule has 0 saturated carbocycles. The van der Waals surface area contributed by atoms with E-state index in [2.05, 4.69) is 20.8 Å². The van der Waals surface area contributed by atoms with Gasteiger partial charge in [0.1, 0.15) is 0 Å². The van der Waals surface area contributed by atoms with Crippen molar-refractivity contribution in [1.82, 2.24) is 20.1 Å². The van der Waals surface area contributed by atoms with Gasteiger partial charge in [-0.05, 0) is 63.9 Å². The van der Waals surface area contributed by atoms with Crippen LogP contribution in [0.5, 0.6) is 0 Å². The Bertz CT molecular complexity index is 1210. The van der Waals surface area contributed by atoms with Crippen LogP contribution in [0.25, 0.3) is 0 Å². The second kappa shape index (κ2) is 11.3. The predicted octanol–water partition coefficient (Wildman–Crippen LogP) is 5.75. The highest BCUT2D eigenvalue weighted by atomic mass is 35.5. The van der Waals surface area contributed by atoms with E-state index in [1.54, 1.807) is 12.1 Å². The summed E-state index contributed by atoms with van der Waals surface area (Å²) in [5, 5.41) is 15.7. The van der Waals surface area contributed by atoms with Crippen molar-refractivity contribution in [1.29, 1.82) is 0 Å². The molecular formula is C24H27Cl2N5O2S.